The number of rotatable bonds is 5. The summed E-state index contributed by atoms with van der Waals surface area (Å²) in [4.78, 5) is 28.9. The van der Waals surface area contributed by atoms with Gasteiger partial charge in [-0.1, -0.05) is 0 Å². The zero-order chi connectivity index (χ0) is 20.3. The molecule has 2 heterocycles. The molecule has 0 fully saturated rings. The summed E-state index contributed by atoms with van der Waals surface area (Å²) in [6.45, 7) is 2.71. The average Bonchev–Trinajstić information content (AvgIpc) is 2.71. The van der Waals surface area contributed by atoms with Crippen molar-refractivity contribution in [3.8, 4) is 5.75 Å². The third kappa shape index (κ3) is 3.95. The first-order valence-electron chi connectivity index (χ1n) is 8.76. The van der Waals surface area contributed by atoms with Gasteiger partial charge in [0.25, 0.3) is 0 Å². The molecule has 0 radical (unpaired) electrons. The maximum Gasteiger partial charge on any atom is 0.342 e. The normalized spacial score (nSPS) is 15.6. The minimum atomic E-state index is -1.34. The highest BCUT2D eigenvalue weighted by Gasteiger charge is 2.40. The Morgan fingerprint density at radius 2 is 2.00 bits per heavy atom. The van der Waals surface area contributed by atoms with E-state index in [4.69, 9.17) is 9.47 Å². The molecule has 2 N–H and O–H groups in total. The highest BCUT2D eigenvalue weighted by Crippen LogP contribution is 2.34. The van der Waals surface area contributed by atoms with E-state index in [-0.39, 0.29) is 29.1 Å². The van der Waals surface area contributed by atoms with Gasteiger partial charge in [0.1, 0.15) is 5.75 Å². The average molecular weight is 383 g/mol. The molecule has 0 aliphatic carbocycles. The van der Waals surface area contributed by atoms with E-state index in [9.17, 15) is 19.8 Å². The molecule has 0 atom stereocenters. The Kier molecular flexibility index (Phi) is 5.58. The number of nitrogens with zero attached hydrogens (tertiary/aromatic N) is 1. The van der Waals surface area contributed by atoms with Crippen molar-refractivity contribution in [3.05, 3.63) is 65.2 Å². The fourth-order valence-electron chi connectivity index (χ4n) is 2.92. The zero-order valence-electron chi connectivity index (χ0n) is 15.6. The van der Waals surface area contributed by atoms with Crippen molar-refractivity contribution in [2.45, 2.75) is 25.9 Å². The minimum absolute atomic E-state index is 0.175. The molecule has 0 saturated carbocycles. The lowest BCUT2D eigenvalue weighted by Crippen LogP contribution is -2.48. The van der Waals surface area contributed by atoms with Crippen LogP contribution in [0.25, 0.3) is 5.57 Å². The van der Waals surface area contributed by atoms with Gasteiger partial charge in [0.2, 0.25) is 0 Å². The molecule has 2 aromatic rings. The first-order valence-corrected chi connectivity index (χ1v) is 8.76. The highest BCUT2D eigenvalue weighted by atomic mass is 16.5. The number of esters is 1. The number of ketones is 1. The summed E-state index contributed by atoms with van der Waals surface area (Å²) in [5.74, 6) is -0.713. The van der Waals surface area contributed by atoms with Gasteiger partial charge in [0.15, 0.2) is 11.4 Å². The van der Waals surface area contributed by atoms with Crippen molar-refractivity contribution in [2.24, 2.45) is 0 Å². The topological polar surface area (TPSA) is 106 Å². The molecule has 7 heteroatoms. The monoisotopic (exact) mass is 383 g/mol. The number of hydrogen-bond acceptors (Lipinski definition) is 7. The van der Waals surface area contributed by atoms with E-state index in [1.807, 2.05) is 26.0 Å². The Morgan fingerprint density at radius 1 is 1.25 bits per heavy atom. The van der Waals surface area contributed by atoms with E-state index >= 15 is 0 Å². The predicted octanol–water partition coefficient (Wildman–Crippen LogP) is 2.30. The number of benzene rings is 1. The fourth-order valence-corrected chi connectivity index (χ4v) is 2.92. The lowest BCUT2D eigenvalue weighted by Gasteiger charge is -2.34. The van der Waals surface area contributed by atoms with Gasteiger partial charge in [-0.2, -0.15) is 0 Å². The lowest BCUT2D eigenvalue weighted by atomic mass is 9.90. The Labute approximate surface area is 162 Å². The Bertz CT molecular complexity index is 946. The molecule has 28 heavy (non-hydrogen) atoms. The second-order valence-electron chi connectivity index (χ2n) is 6.80. The van der Waals surface area contributed by atoms with Crippen molar-refractivity contribution in [2.75, 3.05) is 13.2 Å². The largest absolute Gasteiger partial charge is 0.481 e. The number of carbonyl (C=O) groups is 2. The van der Waals surface area contributed by atoms with Gasteiger partial charge in [0, 0.05) is 11.9 Å². The minimum Gasteiger partial charge on any atom is -0.481 e. The summed E-state index contributed by atoms with van der Waals surface area (Å²) in [6, 6.07) is 8.03. The Balaban J connectivity index is 1.78. The SMILES string of the molecule is C/C(=C\OC(=O)c1ccc2c(c1)C(=O)CC(CO)(CO)O2)c1ccnc(C)c1. The highest BCUT2D eigenvalue weighted by molar-refractivity contribution is 6.03. The molecular weight excluding hydrogens is 362 g/mol. The molecule has 0 saturated heterocycles. The van der Waals surface area contributed by atoms with Crippen molar-refractivity contribution < 1.29 is 29.3 Å². The third-order valence-corrected chi connectivity index (χ3v) is 4.60. The summed E-state index contributed by atoms with van der Waals surface area (Å²) in [5, 5.41) is 18.9. The molecule has 0 amide bonds. The molecule has 7 nitrogen and oxygen atoms in total. The van der Waals surface area contributed by atoms with Crippen LogP contribution in [0.2, 0.25) is 0 Å². The van der Waals surface area contributed by atoms with Gasteiger partial charge in [-0.15, -0.1) is 0 Å². The van der Waals surface area contributed by atoms with Crippen LogP contribution in [-0.2, 0) is 4.74 Å². The summed E-state index contributed by atoms with van der Waals surface area (Å²) in [7, 11) is 0. The van der Waals surface area contributed by atoms with Crippen LogP contribution in [0.15, 0.2) is 42.8 Å². The number of allylic oxidation sites excluding steroid dienone is 1. The van der Waals surface area contributed by atoms with Crippen LogP contribution in [0.5, 0.6) is 5.75 Å². The Morgan fingerprint density at radius 3 is 2.68 bits per heavy atom. The molecule has 1 aromatic carbocycles. The molecule has 0 bridgehead atoms. The first-order chi connectivity index (χ1) is 13.4. The van der Waals surface area contributed by atoms with Crippen LogP contribution in [-0.4, -0.2) is 45.8 Å². The molecule has 0 unspecified atom stereocenters. The number of ether oxygens (including phenoxy) is 2. The van der Waals surface area contributed by atoms with E-state index in [1.54, 1.807) is 6.20 Å². The summed E-state index contributed by atoms with van der Waals surface area (Å²) in [6.07, 6.45) is 2.86. The smallest absolute Gasteiger partial charge is 0.342 e. The number of pyridine rings is 1. The summed E-state index contributed by atoms with van der Waals surface area (Å²) in [5.41, 5.74) is 1.58. The van der Waals surface area contributed by atoms with E-state index < -0.39 is 24.8 Å². The quantitative estimate of drug-likeness (QED) is 0.603. The van der Waals surface area contributed by atoms with Gasteiger partial charge >= 0.3 is 5.97 Å². The second kappa shape index (κ2) is 7.92. The number of fused-ring (bicyclic) bond motifs is 1. The van der Waals surface area contributed by atoms with Crippen LogP contribution in [0.4, 0.5) is 0 Å². The first kappa shape index (κ1) is 19.7. The van der Waals surface area contributed by atoms with Gasteiger partial charge in [0.05, 0.1) is 37.0 Å². The molecular formula is C21H21NO6. The molecule has 1 aliphatic rings. The number of aliphatic hydroxyl groups excluding tert-OH is 2. The number of carbonyl (C=O) groups excluding carboxylic acids is 2. The number of aryl methyl sites for hydroxylation is 1. The van der Waals surface area contributed by atoms with Crippen LogP contribution >= 0.6 is 0 Å². The number of Topliss-reactive ketones (excluding diaryl/α,β-unsaturated/α-hetero) is 1. The van der Waals surface area contributed by atoms with Crippen molar-refractivity contribution in [1.29, 1.82) is 0 Å². The number of hydrogen-bond donors (Lipinski definition) is 2. The van der Waals surface area contributed by atoms with Gasteiger partial charge in [-0.25, -0.2) is 4.79 Å². The van der Waals surface area contributed by atoms with Crippen LogP contribution in [0, 0.1) is 6.92 Å². The predicted molar refractivity (Wildman–Crippen MR) is 101 cm³/mol. The summed E-state index contributed by atoms with van der Waals surface area (Å²) < 4.78 is 10.8. The maximum atomic E-state index is 12.4. The van der Waals surface area contributed by atoms with Crippen molar-refractivity contribution in [3.63, 3.8) is 0 Å². The zero-order valence-corrected chi connectivity index (χ0v) is 15.6. The molecule has 1 aliphatic heterocycles. The van der Waals surface area contributed by atoms with E-state index in [2.05, 4.69) is 4.98 Å². The van der Waals surface area contributed by atoms with Gasteiger partial charge < -0.3 is 19.7 Å². The van der Waals surface area contributed by atoms with E-state index in [0.29, 0.717) is 0 Å². The number of aliphatic hydroxyl groups is 2. The Hall–Kier alpha value is -3.03. The van der Waals surface area contributed by atoms with Gasteiger partial charge in [-0.05, 0) is 55.3 Å². The van der Waals surface area contributed by atoms with E-state index in [1.165, 1.54) is 24.5 Å². The third-order valence-electron chi connectivity index (χ3n) is 4.60. The van der Waals surface area contributed by atoms with Crippen LogP contribution in [0.3, 0.4) is 0 Å². The molecule has 0 spiro atoms. The van der Waals surface area contributed by atoms with Crippen LogP contribution in [0.1, 0.15) is 45.3 Å². The number of aromatic nitrogens is 1. The van der Waals surface area contributed by atoms with Gasteiger partial charge in [-0.3, -0.25) is 9.78 Å². The molecule has 1 aromatic heterocycles. The maximum absolute atomic E-state index is 12.4. The fraction of sp³-hybridized carbons (Fsp3) is 0.286. The second-order valence-corrected chi connectivity index (χ2v) is 6.80. The van der Waals surface area contributed by atoms with E-state index in [0.717, 1.165) is 16.8 Å². The molecule has 3 rings (SSSR count). The van der Waals surface area contributed by atoms with Crippen LogP contribution < -0.4 is 4.74 Å². The van der Waals surface area contributed by atoms with Crippen molar-refractivity contribution in [1.82, 2.24) is 4.98 Å². The standard InChI is InChI=1S/C21H21NO6/c1-13(15-5-6-22-14(2)7-15)10-27-20(26)16-3-4-19-17(8-16)18(25)9-21(11-23,12-24)28-19/h3-8,10,23-24H,9,11-12H2,1-2H3/b13-10+. The molecule has 146 valence electrons. The summed E-state index contributed by atoms with van der Waals surface area (Å²) >= 11 is 0. The lowest BCUT2D eigenvalue weighted by molar-refractivity contribution is -0.0403. The van der Waals surface area contributed by atoms with Crippen molar-refractivity contribution >= 4 is 17.3 Å².